The third-order valence-electron chi connectivity index (χ3n) is 3.73. The molecule has 15 heavy (non-hydrogen) atoms. The molecule has 0 aromatic heterocycles. The molecule has 0 bridgehead atoms. The van der Waals surface area contributed by atoms with E-state index in [-0.39, 0.29) is 0 Å². The molecule has 0 spiro atoms. The first-order chi connectivity index (χ1) is 7.40. The van der Waals surface area contributed by atoms with Gasteiger partial charge < -0.3 is 10.2 Å². The Kier molecular flexibility index (Phi) is 4.42. The van der Waals surface area contributed by atoms with Crippen LogP contribution in [0.3, 0.4) is 0 Å². The highest BCUT2D eigenvalue weighted by molar-refractivity contribution is 4.86. The highest BCUT2D eigenvalue weighted by Crippen LogP contribution is 2.10. The lowest BCUT2D eigenvalue weighted by molar-refractivity contribution is 0.149. The lowest BCUT2D eigenvalue weighted by Crippen LogP contribution is -2.57. The largest absolute Gasteiger partial charge is 0.314 e. The lowest BCUT2D eigenvalue weighted by Gasteiger charge is -2.37. The molecule has 0 atom stereocenters. The van der Waals surface area contributed by atoms with E-state index < -0.39 is 0 Å². The van der Waals surface area contributed by atoms with Gasteiger partial charge in [-0.25, -0.2) is 0 Å². The van der Waals surface area contributed by atoms with Crippen LogP contribution in [0.1, 0.15) is 26.2 Å². The highest BCUT2D eigenvalue weighted by atomic mass is 15.3. The summed E-state index contributed by atoms with van der Waals surface area (Å²) in [7, 11) is 0. The molecule has 0 aromatic rings. The van der Waals surface area contributed by atoms with Crippen molar-refractivity contribution >= 4 is 0 Å². The van der Waals surface area contributed by atoms with Crippen molar-refractivity contribution in [3.05, 3.63) is 0 Å². The summed E-state index contributed by atoms with van der Waals surface area (Å²) in [6, 6.07) is 0.844. The predicted octanol–water partition coefficient (Wildman–Crippen LogP) is 0.766. The Morgan fingerprint density at radius 1 is 1.13 bits per heavy atom. The molecule has 2 aliphatic rings. The minimum atomic E-state index is 0.844. The van der Waals surface area contributed by atoms with Crippen LogP contribution < -0.4 is 5.32 Å². The number of nitrogens with one attached hydrogen (secondary N) is 1. The zero-order chi connectivity index (χ0) is 10.5. The number of nitrogens with zero attached hydrogens (tertiary/aromatic N) is 2. The molecule has 0 aliphatic carbocycles. The number of hydrogen-bond acceptors (Lipinski definition) is 3. The zero-order valence-electron chi connectivity index (χ0n) is 10.0. The van der Waals surface area contributed by atoms with Crippen molar-refractivity contribution in [3.63, 3.8) is 0 Å². The molecule has 2 aliphatic heterocycles. The fraction of sp³-hybridized carbons (Fsp3) is 1.00. The van der Waals surface area contributed by atoms with Crippen molar-refractivity contribution in [3.8, 4) is 0 Å². The second-order valence-electron chi connectivity index (χ2n) is 4.90. The van der Waals surface area contributed by atoms with Crippen LogP contribution in [0.2, 0.25) is 0 Å². The Balaban J connectivity index is 1.71. The van der Waals surface area contributed by atoms with Crippen LogP contribution in [-0.4, -0.2) is 61.7 Å². The Morgan fingerprint density at radius 2 is 2.00 bits per heavy atom. The molecule has 2 fully saturated rings. The Labute approximate surface area is 93.8 Å². The topological polar surface area (TPSA) is 18.5 Å². The van der Waals surface area contributed by atoms with E-state index in [2.05, 4.69) is 22.0 Å². The van der Waals surface area contributed by atoms with Crippen LogP contribution in [0.4, 0.5) is 0 Å². The summed E-state index contributed by atoms with van der Waals surface area (Å²) < 4.78 is 0. The standard InChI is InChI=1S/C12H25N3/c1-2-3-5-14-6-4-7-15(9-8-14)12-10-13-11-12/h12-13H,2-11H2,1H3. The molecule has 0 saturated carbocycles. The van der Waals surface area contributed by atoms with Crippen molar-refractivity contribution in [2.75, 3.05) is 45.8 Å². The summed E-state index contributed by atoms with van der Waals surface area (Å²) in [5.41, 5.74) is 0. The Hall–Kier alpha value is -0.120. The van der Waals surface area contributed by atoms with E-state index in [1.807, 2.05) is 0 Å². The first-order valence-corrected chi connectivity index (χ1v) is 6.57. The summed E-state index contributed by atoms with van der Waals surface area (Å²) in [5, 5.41) is 3.37. The first kappa shape index (κ1) is 11.4. The van der Waals surface area contributed by atoms with Gasteiger partial charge in [0.2, 0.25) is 0 Å². The van der Waals surface area contributed by atoms with Gasteiger partial charge in [0.05, 0.1) is 0 Å². The maximum Gasteiger partial charge on any atom is 0.0345 e. The first-order valence-electron chi connectivity index (χ1n) is 6.57. The van der Waals surface area contributed by atoms with Gasteiger partial charge in [0, 0.05) is 32.2 Å². The number of rotatable bonds is 4. The average molecular weight is 211 g/mol. The fourth-order valence-corrected chi connectivity index (χ4v) is 2.49. The zero-order valence-corrected chi connectivity index (χ0v) is 10.0. The molecule has 3 nitrogen and oxygen atoms in total. The van der Waals surface area contributed by atoms with Crippen LogP contribution in [0.25, 0.3) is 0 Å². The number of unbranched alkanes of at least 4 members (excludes halogenated alkanes) is 1. The summed E-state index contributed by atoms with van der Waals surface area (Å²) >= 11 is 0. The van der Waals surface area contributed by atoms with E-state index >= 15 is 0 Å². The fourth-order valence-electron chi connectivity index (χ4n) is 2.49. The molecule has 0 amide bonds. The maximum absolute atomic E-state index is 3.37. The van der Waals surface area contributed by atoms with Crippen molar-refractivity contribution in [2.24, 2.45) is 0 Å². The van der Waals surface area contributed by atoms with Gasteiger partial charge in [-0.15, -0.1) is 0 Å². The van der Waals surface area contributed by atoms with Crippen molar-refractivity contribution in [2.45, 2.75) is 32.2 Å². The summed E-state index contributed by atoms with van der Waals surface area (Å²) in [6.07, 6.45) is 4.05. The Bertz CT molecular complexity index is 180. The third kappa shape index (κ3) is 3.16. The van der Waals surface area contributed by atoms with E-state index in [0.717, 1.165) is 6.04 Å². The molecule has 2 heterocycles. The average Bonchev–Trinajstić information content (AvgIpc) is 2.38. The second kappa shape index (κ2) is 5.83. The van der Waals surface area contributed by atoms with Crippen molar-refractivity contribution in [1.29, 1.82) is 0 Å². The van der Waals surface area contributed by atoms with Gasteiger partial charge in [0.25, 0.3) is 0 Å². The minimum absolute atomic E-state index is 0.844. The minimum Gasteiger partial charge on any atom is -0.314 e. The smallest absolute Gasteiger partial charge is 0.0345 e. The molecule has 2 rings (SSSR count). The quantitative estimate of drug-likeness (QED) is 0.741. The van der Waals surface area contributed by atoms with Crippen LogP contribution in [-0.2, 0) is 0 Å². The molecule has 0 radical (unpaired) electrons. The van der Waals surface area contributed by atoms with Gasteiger partial charge in [0.15, 0.2) is 0 Å². The van der Waals surface area contributed by atoms with E-state index in [4.69, 9.17) is 0 Å². The van der Waals surface area contributed by atoms with Gasteiger partial charge in [-0.1, -0.05) is 13.3 Å². The normalized spacial score (nSPS) is 26.2. The predicted molar refractivity (Wildman–Crippen MR) is 64.2 cm³/mol. The maximum atomic E-state index is 3.37. The van der Waals surface area contributed by atoms with Gasteiger partial charge in [-0.2, -0.15) is 0 Å². The van der Waals surface area contributed by atoms with E-state index in [1.165, 1.54) is 65.1 Å². The SMILES string of the molecule is CCCCN1CCCN(C2CNC2)CC1. The molecular weight excluding hydrogens is 186 g/mol. The summed E-state index contributed by atoms with van der Waals surface area (Å²) in [5.74, 6) is 0. The van der Waals surface area contributed by atoms with Gasteiger partial charge >= 0.3 is 0 Å². The van der Waals surface area contributed by atoms with Crippen LogP contribution in [0.15, 0.2) is 0 Å². The molecule has 88 valence electrons. The molecule has 0 aromatic carbocycles. The molecular formula is C12H25N3. The van der Waals surface area contributed by atoms with Gasteiger partial charge in [0.1, 0.15) is 0 Å². The lowest BCUT2D eigenvalue weighted by atomic mass is 10.1. The summed E-state index contributed by atoms with van der Waals surface area (Å²) in [6.45, 7) is 11.2. The summed E-state index contributed by atoms with van der Waals surface area (Å²) in [4.78, 5) is 5.33. The highest BCUT2D eigenvalue weighted by Gasteiger charge is 2.25. The van der Waals surface area contributed by atoms with E-state index in [0.29, 0.717) is 0 Å². The molecule has 0 unspecified atom stereocenters. The van der Waals surface area contributed by atoms with Crippen LogP contribution >= 0.6 is 0 Å². The van der Waals surface area contributed by atoms with Crippen LogP contribution in [0.5, 0.6) is 0 Å². The second-order valence-corrected chi connectivity index (χ2v) is 4.90. The van der Waals surface area contributed by atoms with Gasteiger partial charge in [-0.05, 0) is 32.5 Å². The van der Waals surface area contributed by atoms with Crippen molar-refractivity contribution in [1.82, 2.24) is 15.1 Å². The monoisotopic (exact) mass is 211 g/mol. The van der Waals surface area contributed by atoms with E-state index in [9.17, 15) is 0 Å². The van der Waals surface area contributed by atoms with E-state index in [1.54, 1.807) is 0 Å². The van der Waals surface area contributed by atoms with Crippen molar-refractivity contribution < 1.29 is 0 Å². The number of hydrogen-bond donors (Lipinski definition) is 1. The Morgan fingerprint density at radius 3 is 2.67 bits per heavy atom. The van der Waals surface area contributed by atoms with Gasteiger partial charge in [-0.3, -0.25) is 4.90 Å². The van der Waals surface area contributed by atoms with Crippen LogP contribution in [0, 0.1) is 0 Å². The third-order valence-corrected chi connectivity index (χ3v) is 3.73. The molecule has 2 saturated heterocycles. The molecule has 3 heteroatoms. The molecule has 1 N–H and O–H groups in total.